The molecular weight excluding hydrogens is 350 g/mol. The normalized spacial score (nSPS) is 14.7. The predicted molar refractivity (Wildman–Crippen MR) is 106 cm³/mol. The van der Waals surface area contributed by atoms with E-state index in [2.05, 4.69) is 33.1 Å². The van der Waals surface area contributed by atoms with Gasteiger partial charge in [0.15, 0.2) is 11.0 Å². The van der Waals surface area contributed by atoms with Crippen LogP contribution in [-0.2, 0) is 0 Å². The van der Waals surface area contributed by atoms with Crippen LogP contribution in [0.3, 0.4) is 0 Å². The first-order valence-corrected chi connectivity index (χ1v) is 10.1. The Hall–Kier alpha value is -2.12. The summed E-state index contributed by atoms with van der Waals surface area (Å²) in [5, 5.41) is 0.559. The molecular formula is C18H18N5S2. The molecule has 3 aromatic rings. The van der Waals surface area contributed by atoms with Crippen LogP contribution in [0.5, 0.6) is 0 Å². The number of nitrogens with zero attached hydrogens (tertiary/aromatic N) is 4. The molecule has 0 saturated carbocycles. The highest BCUT2D eigenvalue weighted by atomic mass is 32.2. The molecule has 7 heteroatoms. The number of hydrogen-bond donors (Lipinski definition) is 1. The lowest BCUT2D eigenvalue weighted by atomic mass is 10.1. The minimum atomic E-state index is 0.559. The van der Waals surface area contributed by atoms with Gasteiger partial charge in [0.25, 0.3) is 0 Å². The number of nitrogen functional groups attached to an aromatic ring is 1. The molecule has 127 valence electrons. The zero-order valence-electron chi connectivity index (χ0n) is 13.9. The zero-order chi connectivity index (χ0) is 17.2. The van der Waals surface area contributed by atoms with E-state index in [1.54, 1.807) is 6.20 Å². The average Bonchev–Trinajstić information content (AvgIpc) is 3.01. The van der Waals surface area contributed by atoms with Gasteiger partial charge in [0.2, 0.25) is 0 Å². The molecule has 2 N–H and O–H groups in total. The smallest absolute Gasteiger partial charge is 0.180 e. The summed E-state index contributed by atoms with van der Waals surface area (Å²) in [7, 11) is 0. The Bertz CT molecular complexity index is 887. The van der Waals surface area contributed by atoms with Gasteiger partial charge in [0, 0.05) is 42.0 Å². The molecule has 2 aromatic heterocycles. The third-order valence-corrected chi connectivity index (χ3v) is 6.06. The van der Waals surface area contributed by atoms with Gasteiger partial charge in [-0.15, -0.1) is 0 Å². The van der Waals surface area contributed by atoms with E-state index in [9.17, 15) is 0 Å². The van der Waals surface area contributed by atoms with Gasteiger partial charge in [0.1, 0.15) is 0 Å². The van der Waals surface area contributed by atoms with Crippen molar-refractivity contribution >= 4 is 33.9 Å². The topological polar surface area (TPSA) is 67.9 Å². The number of benzene rings is 1. The highest BCUT2D eigenvalue weighted by Gasteiger charge is 2.14. The Labute approximate surface area is 155 Å². The Morgan fingerprint density at radius 1 is 1.20 bits per heavy atom. The summed E-state index contributed by atoms with van der Waals surface area (Å²) in [6.45, 7) is 4.10. The average molecular weight is 369 g/mol. The molecule has 0 bridgehead atoms. The van der Waals surface area contributed by atoms with E-state index < -0.39 is 0 Å². The van der Waals surface area contributed by atoms with E-state index in [-0.39, 0.29) is 0 Å². The van der Waals surface area contributed by atoms with Crippen molar-refractivity contribution in [3.8, 4) is 22.0 Å². The van der Waals surface area contributed by atoms with Crippen molar-refractivity contribution in [1.82, 2.24) is 15.0 Å². The fourth-order valence-corrected chi connectivity index (χ4v) is 4.58. The maximum Gasteiger partial charge on any atom is 0.180 e. The second-order valence-electron chi connectivity index (χ2n) is 5.79. The number of aryl methyl sites for hydroxylation is 1. The maximum atomic E-state index is 5.82. The third-order valence-electron chi connectivity index (χ3n) is 4.10. The lowest BCUT2D eigenvalue weighted by Gasteiger charge is -2.28. The van der Waals surface area contributed by atoms with Crippen LogP contribution in [0.25, 0.3) is 22.0 Å². The van der Waals surface area contributed by atoms with Crippen LogP contribution < -0.4 is 10.6 Å². The number of thiazole rings is 1. The van der Waals surface area contributed by atoms with Gasteiger partial charge in [-0.3, -0.25) is 0 Å². The molecule has 5 nitrogen and oxygen atoms in total. The van der Waals surface area contributed by atoms with E-state index >= 15 is 0 Å². The fraction of sp³-hybridized carbons (Fsp3) is 0.278. The Balaban J connectivity index is 1.68. The van der Waals surface area contributed by atoms with Crippen molar-refractivity contribution in [3.05, 3.63) is 42.2 Å². The van der Waals surface area contributed by atoms with Crippen molar-refractivity contribution < 1.29 is 0 Å². The monoisotopic (exact) mass is 368 g/mol. The first-order chi connectivity index (χ1) is 12.2. The third kappa shape index (κ3) is 3.48. The van der Waals surface area contributed by atoms with E-state index in [1.807, 2.05) is 30.8 Å². The molecule has 0 unspecified atom stereocenters. The summed E-state index contributed by atoms with van der Waals surface area (Å²) in [6.07, 6.45) is 1.78. The first-order valence-electron chi connectivity index (χ1n) is 8.12. The molecule has 1 aliphatic heterocycles. The molecule has 1 fully saturated rings. The number of hydrogen-bond acceptors (Lipinski definition) is 7. The van der Waals surface area contributed by atoms with Gasteiger partial charge >= 0.3 is 0 Å². The van der Waals surface area contributed by atoms with Gasteiger partial charge in [0.05, 0.1) is 16.3 Å². The second-order valence-corrected chi connectivity index (χ2v) is 8.05. The summed E-state index contributed by atoms with van der Waals surface area (Å²) in [6, 6.07) is 11.4. The molecule has 4 rings (SSSR count). The van der Waals surface area contributed by atoms with Crippen LogP contribution in [0.2, 0.25) is 0 Å². The van der Waals surface area contributed by atoms with Crippen molar-refractivity contribution in [2.45, 2.75) is 6.92 Å². The number of thioether (sulfide) groups is 1. The maximum absolute atomic E-state index is 5.82. The standard InChI is InChI=1S/C18H18N5S2/c1-12-16(25-18(19)21-12)15-5-6-20-17(22-15)13-3-2-4-14(11-13)23-7-9-24-10-8-23/h2,4-6,11H,7-10H2,1H3,(H2,19,21). The fourth-order valence-electron chi connectivity index (χ4n) is 2.87. The molecule has 0 aliphatic carbocycles. The molecule has 1 radical (unpaired) electrons. The molecule has 0 spiro atoms. The number of rotatable bonds is 3. The molecule has 1 aromatic carbocycles. The molecule has 25 heavy (non-hydrogen) atoms. The quantitative estimate of drug-likeness (QED) is 0.763. The van der Waals surface area contributed by atoms with Crippen molar-refractivity contribution in [2.24, 2.45) is 0 Å². The van der Waals surface area contributed by atoms with Crippen LogP contribution in [0.4, 0.5) is 10.8 Å². The van der Waals surface area contributed by atoms with Gasteiger partial charge in [-0.05, 0) is 31.2 Å². The second kappa shape index (κ2) is 7.01. The summed E-state index contributed by atoms with van der Waals surface area (Å²) in [4.78, 5) is 16.9. The summed E-state index contributed by atoms with van der Waals surface area (Å²) in [5.74, 6) is 3.02. The largest absolute Gasteiger partial charge is 0.375 e. The van der Waals surface area contributed by atoms with Crippen molar-refractivity contribution in [3.63, 3.8) is 0 Å². The molecule has 0 atom stereocenters. The SMILES string of the molecule is Cc1nc(N)sc1-c1ccnc(-c2[c]ccc(N3CCSCC3)c2)n1. The van der Waals surface area contributed by atoms with Crippen LogP contribution in [0, 0.1) is 13.0 Å². The van der Waals surface area contributed by atoms with E-state index in [0.29, 0.717) is 11.0 Å². The molecule has 3 heterocycles. The highest BCUT2D eigenvalue weighted by molar-refractivity contribution is 7.99. The Morgan fingerprint density at radius 2 is 2.04 bits per heavy atom. The van der Waals surface area contributed by atoms with Crippen LogP contribution in [0.15, 0.2) is 30.5 Å². The van der Waals surface area contributed by atoms with Gasteiger partial charge in [-0.1, -0.05) is 17.4 Å². The lowest BCUT2D eigenvalue weighted by Crippen LogP contribution is -2.32. The van der Waals surface area contributed by atoms with Crippen LogP contribution in [0.1, 0.15) is 5.69 Å². The minimum absolute atomic E-state index is 0.559. The van der Waals surface area contributed by atoms with E-state index in [4.69, 9.17) is 10.7 Å². The molecule has 1 saturated heterocycles. The minimum Gasteiger partial charge on any atom is -0.375 e. The lowest BCUT2D eigenvalue weighted by molar-refractivity contribution is 0.859. The first kappa shape index (κ1) is 16.4. The van der Waals surface area contributed by atoms with E-state index in [1.165, 1.54) is 28.5 Å². The van der Waals surface area contributed by atoms with Crippen molar-refractivity contribution in [1.29, 1.82) is 0 Å². The number of aromatic nitrogens is 3. The summed E-state index contributed by atoms with van der Waals surface area (Å²) < 4.78 is 0. The summed E-state index contributed by atoms with van der Waals surface area (Å²) >= 11 is 3.46. The van der Waals surface area contributed by atoms with Crippen molar-refractivity contribution in [2.75, 3.05) is 35.2 Å². The zero-order valence-corrected chi connectivity index (χ0v) is 15.5. The van der Waals surface area contributed by atoms with Crippen LogP contribution in [-0.4, -0.2) is 39.5 Å². The van der Waals surface area contributed by atoms with Crippen LogP contribution >= 0.6 is 23.1 Å². The van der Waals surface area contributed by atoms with Gasteiger partial charge < -0.3 is 10.6 Å². The predicted octanol–water partition coefficient (Wildman–Crippen LogP) is 3.51. The highest BCUT2D eigenvalue weighted by Crippen LogP contribution is 2.31. The summed E-state index contributed by atoms with van der Waals surface area (Å²) in [5.41, 5.74) is 9.69. The number of nitrogens with two attached hydrogens (primary N) is 1. The Kier molecular flexibility index (Phi) is 4.59. The van der Waals surface area contributed by atoms with E-state index in [0.717, 1.165) is 34.9 Å². The number of anilines is 2. The van der Waals surface area contributed by atoms with Gasteiger partial charge in [-0.25, -0.2) is 15.0 Å². The molecule has 1 aliphatic rings. The molecule has 0 amide bonds. The Morgan fingerprint density at radius 3 is 2.80 bits per heavy atom. The van der Waals surface area contributed by atoms with Gasteiger partial charge in [-0.2, -0.15) is 11.8 Å².